The van der Waals surface area contributed by atoms with Crippen molar-refractivity contribution >= 4 is 0 Å². The van der Waals surface area contributed by atoms with E-state index in [0.29, 0.717) is 18.8 Å². The Morgan fingerprint density at radius 2 is 2.08 bits per heavy atom. The Labute approximate surface area is 73.4 Å². The van der Waals surface area contributed by atoms with Crippen LogP contribution in [0.3, 0.4) is 0 Å². The van der Waals surface area contributed by atoms with Crippen LogP contribution in [0.15, 0.2) is 0 Å². The van der Waals surface area contributed by atoms with Gasteiger partial charge in [0, 0.05) is 6.42 Å². The summed E-state index contributed by atoms with van der Waals surface area (Å²) in [5, 5.41) is 18.3. The topological polar surface area (TPSA) is 49.7 Å². The first kappa shape index (κ1) is 9.96. The smallest absolute Gasteiger partial charge is 0.0834 e. The van der Waals surface area contributed by atoms with Crippen LogP contribution in [0.1, 0.15) is 26.7 Å². The molecule has 0 amide bonds. The van der Waals surface area contributed by atoms with Crippen LogP contribution in [0.2, 0.25) is 0 Å². The fourth-order valence-electron chi connectivity index (χ4n) is 1.57. The van der Waals surface area contributed by atoms with Gasteiger partial charge in [-0.25, -0.2) is 0 Å². The van der Waals surface area contributed by atoms with Gasteiger partial charge in [-0.2, -0.15) is 0 Å². The zero-order valence-corrected chi connectivity index (χ0v) is 7.73. The second-order valence-corrected chi connectivity index (χ2v) is 3.85. The number of hydrogen-bond donors (Lipinski definition) is 2. The lowest BCUT2D eigenvalue weighted by Gasteiger charge is -2.34. The van der Waals surface area contributed by atoms with Crippen LogP contribution in [-0.4, -0.2) is 35.1 Å². The summed E-state index contributed by atoms with van der Waals surface area (Å²) in [6, 6.07) is 0. The second kappa shape index (κ2) is 4.21. The van der Waals surface area contributed by atoms with Gasteiger partial charge in [-0.15, -0.1) is 0 Å². The van der Waals surface area contributed by atoms with Crippen molar-refractivity contribution in [2.75, 3.05) is 6.61 Å². The highest BCUT2D eigenvalue weighted by Crippen LogP contribution is 2.24. The van der Waals surface area contributed by atoms with E-state index in [4.69, 9.17) is 9.84 Å². The van der Waals surface area contributed by atoms with Gasteiger partial charge in [-0.3, -0.25) is 0 Å². The van der Waals surface area contributed by atoms with Crippen molar-refractivity contribution < 1.29 is 14.9 Å². The molecule has 1 aliphatic heterocycles. The van der Waals surface area contributed by atoms with Crippen LogP contribution in [0.4, 0.5) is 0 Å². The first-order valence-electron chi connectivity index (χ1n) is 4.58. The molecule has 0 aromatic heterocycles. The Morgan fingerprint density at radius 3 is 2.58 bits per heavy atom. The molecule has 12 heavy (non-hydrogen) atoms. The molecule has 0 aromatic rings. The normalized spacial score (nSPS) is 37.2. The third kappa shape index (κ3) is 2.44. The highest BCUT2D eigenvalue weighted by Gasteiger charge is 2.29. The molecular weight excluding hydrogens is 156 g/mol. The number of rotatable bonds is 2. The van der Waals surface area contributed by atoms with Gasteiger partial charge < -0.3 is 14.9 Å². The molecule has 1 heterocycles. The summed E-state index contributed by atoms with van der Waals surface area (Å²) in [6.45, 7) is 4.15. The van der Waals surface area contributed by atoms with E-state index in [0.717, 1.165) is 0 Å². The fourth-order valence-corrected chi connectivity index (χ4v) is 1.57. The van der Waals surface area contributed by atoms with Crippen LogP contribution in [0, 0.1) is 5.92 Å². The zero-order valence-electron chi connectivity index (χ0n) is 7.73. The average molecular weight is 174 g/mol. The number of aliphatic hydroxyl groups is 2. The van der Waals surface area contributed by atoms with Crippen LogP contribution in [0.5, 0.6) is 0 Å². The van der Waals surface area contributed by atoms with E-state index in [2.05, 4.69) is 13.8 Å². The van der Waals surface area contributed by atoms with E-state index < -0.39 is 0 Å². The largest absolute Gasteiger partial charge is 0.394 e. The Morgan fingerprint density at radius 1 is 1.42 bits per heavy atom. The van der Waals surface area contributed by atoms with E-state index in [1.807, 2.05) is 0 Å². The lowest BCUT2D eigenvalue weighted by molar-refractivity contribution is -0.126. The highest BCUT2D eigenvalue weighted by molar-refractivity contribution is 4.78. The minimum atomic E-state index is -0.303. The first-order valence-corrected chi connectivity index (χ1v) is 4.58. The molecule has 1 saturated heterocycles. The molecule has 0 spiro atoms. The summed E-state index contributed by atoms with van der Waals surface area (Å²) >= 11 is 0. The third-order valence-electron chi connectivity index (χ3n) is 2.35. The molecule has 0 aromatic carbocycles. The molecule has 3 heteroatoms. The SMILES string of the molecule is CC(C)C1C[C@@H](O)CC(CO)O1. The number of hydrogen-bond acceptors (Lipinski definition) is 3. The van der Waals surface area contributed by atoms with Crippen molar-refractivity contribution in [3.8, 4) is 0 Å². The molecule has 1 fully saturated rings. The maximum absolute atomic E-state index is 9.44. The average Bonchev–Trinajstić information content (AvgIpc) is 2.03. The quantitative estimate of drug-likeness (QED) is 0.642. The Hall–Kier alpha value is -0.120. The molecule has 0 radical (unpaired) electrons. The zero-order chi connectivity index (χ0) is 9.14. The van der Waals surface area contributed by atoms with E-state index in [1.165, 1.54) is 0 Å². The molecule has 0 aliphatic carbocycles. The van der Waals surface area contributed by atoms with Gasteiger partial charge in [0.1, 0.15) is 0 Å². The summed E-state index contributed by atoms with van der Waals surface area (Å²) in [6.07, 6.45) is 0.906. The van der Waals surface area contributed by atoms with Crippen molar-refractivity contribution in [2.45, 2.75) is 45.0 Å². The monoisotopic (exact) mass is 174 g/mol. The number of ether oxygens (including phenoxy) is 1. The van der Waals surface area contributed by atoms with E-state index in [9.17, 15) is 5.11 Å². The fraction of sp³-hybridized carbons (Fsp3) is 1.00. The standard InChI is InChI=1S/C9H18O3/c1-6(2)9-4-7(11)3-8(5-10)12-9/h6-11H,3-5H2,1-2H3/t7-,8?,9?/m0/s1. The maximum Gasteiger partial charge on any atom is 0.0834 e. The second-order valence-electron chi connectivity index (χ2n) is 3.85. The minimum absolute atomic E-state index is 0.0142. The Balaban J connectivity index is 2.45. The van der Waals surface area contributed by atoms with Gasteiger partial charge in [-0.05, 0) is 12.3 Å². The molecule has 0 bridgehead atoms. The lowest BCUT2D eigenvalue weighted by Crippen LogP contribution is -2.39. The van der Waals surface area contributed by atoms with Gasteiger partial charge in [-0.1, -0.05) is 13.8 Å². The molecule has 72 valence electrons. The Kier molecular flexibility index (Phi) is 3.50. The maximum atomic E-state index is 9.44. The molecule has 0 saturated carbocycles. The van der Waals surface area contributed by atoms with Crippen molar-refractivity contribution in [2.24, 2.45) is 5.92 Å². The van der Waals surface area contributed by atoms with Crippen LogP contribution in [-0.2, 0) is 4.74 Å². The van der Waals surface area contributed by atoms with Gasteiger partial charge in [0.25, 0.3) is 0 Å². The van der Waals surface area contributed by atoms with Crippen LogP contribution >= 0.6 is 0 Å². The summed E-state index contributed by atoms with van der Waals surface area (Å²) < 4.78 is 5.56. The predicted octanol–water partition coefficient (Wildman–Crippen LogP) is 0.543. The van der Waals surface area contributed by atoms with Crippen molar-refractivity contribution in [1.82, 2.24) is 0 Å². The first-order chi connectivity index (χ1) is 5.63. The van der Waals surface area contributed by atoms with Crippen molar-refractivity contribution in [1.29, 1.82) is 0 Å². The highest BCUT2D eigenvalue weighted by atomic mass is 16.5. The minimum Gasteiger partial charge on any atom is -0.394 e. The molecule has 1 aliphatic rings. The summed E-state index contributed by atoms with van der Waals surface area (Å²) in [7, 11) is 0. The molecular formula is C9H18O3. The molecule has 2 N–H and O–H groups in total. The van der Waals surface area contributed by atoms with Gasteiger partial charge in [0.05, 0.1) is 24.9 Å². The van der Waals surface area contributed by atoms with Crippen molar-refractivity contribution in [3.05, 3.63) is 0 Å². The van der Waals surface area contributed by atoms with Gasteiger partial charge in [0.2, 0.25) is 0 Å². The van der Waals surface area contributed by atoms with Crippen molar-refractivity contribution in [3.63, 3.8) is 0 Å². The summed E-state index contributed by atoms with van der Waals surface area (Å²) in [5.74, 6) is 0.411. The summed E-state index contributed by atoms with van der Waals surface area (Å²) in [4.78, 5) is 0. The van der Waals surface area contributed by atoms with Gasteiger partial charge in [0.15, 0.2) is 0 Å². The molecule has 3 nitrogen and oxygen atoms in total. The molecule has 1 rings (SSSR count). The van der Waals surface area contributed by atoms with E-state index in [-0.39, 0.29) is 24.9 Å². The number of aliphatic hydroxyl groups excluding tert-OH is 2. The van der Waals surface area contributed by atoms with Crippen LogP contribution in [0.25, 0.3) is 0 Å². The predicted molar refractivity (Wildman–Crippen MR) is 45.8 cm³/mol. The van der Waals surface area contributed by atoms with Gasteiger partial charge >= 0.3 is 0 Å². The van der Waals surface area contributed by atoms with Crippen LogP contribution < -0.4 is 0 Å². The summed E-state index contributed by atoms with van der Waals surface area (Å²) in [5.41, 5.74) is 0. The lowest BCUT2D eigenvalue weighted by atomic mass is 9.94. The van der Waals surface area contributed by atoms with E-state index >= 15 is 0 Å². The Bertz CT molecular complexity index is 136. The molecule has 3 atom stereocenters. The molecule has 2 unspecified atom stereocenters. The van der Waals surface area contributed by atoms with E-state index in [1.54, 1.807) is 0 Å². The third-order valence-corrected chi connectivity index (χ3v) is 2.35.